The number of fused-ring (bicyclic) bond motifs is 2. The number of anilines is 1. The molecule has 27 heavy (non-hydrogen) atoms. The van der Waals surface area contributed by atoms with Crippen molar-refractivity contribution in [1.29, 1.82) is 5.26 Å². The predicted octanol–water partition coefficient (Wildman–Crippen LogP) is 1.31. The van der Waals surface area contributed by atoms with Crippen LogP contribution >= 0.6 is 0 Å². The van der Waals surface area contributed by atoms with Crippen LogP contribution in [0.4, 0.5) is 14.6 Å². The molecule has 0 radical (unpaired) electrons. The lowest BCUT2D eigenvalue weighted by atomic mass is 10.1. The van der Waals surface area contributed by atoms with Gasteiger partial charge >= 0.3 is 5.69 Å². The average molecular weight is 368 g/mol. The molecule has 11 heteroatoms. The number of H-pyrrole nitrogens is 2. The van der Waals surface area contributed by atoms with Crippen molar-refractivity contribution >= 4 is 28.0 Å². The van der Waals surface area contributed by atoms with E-state index in [-0.39, 0.29) is 22.9 Å². The lowest BCUT2D eigenvalue weighted by Crippen LogP contribution is -2.56. The first-order valence-electron chi connectivity index (χ1n) is 7.94. The molecule has 2 N–H and O–H groups in total. The van der Waals surface area contributed by atoms with Gasteiger partial charge in [0, 0.05) is 0 Å². The molecule has 3 aromatic heterocycles. The van der Waals surface area contributed by atoms with Crippen LogP contribution in [0.5, 0.6) is 0 Å². The maximum atomic E-state index is 13.3. The molecule has 9 nitrogen and oxygen atoms in total. The third kappa shape index (κ3) is 2.34. The minimum absolute atomic E-state index is 0.153. The molecule has 1 aliphatic heterocycles. The molecule has 1 aromatic carbocycles. The predicted molar refractivity (Wildman–Crippen MR) is 91.0 cm³/mol. The first-order valence-corrected chi connectivity index (χ1v) is 7.94. The standard InChI is InChI=1S/C16H10F2N8O/c17-16(18)5-25(6-16)13-11-12(23-15(27)21-11)22-14(24-13)26-7-20-9-2-1-8(4-19)3-10(9)26/h1-3,7H,5-6H2,(H2,21,22,23,24,27). The fourth-order valence-electron chi connectivity index (χ4n) is 3.13. The van der Waals surface area contributed by atoms with Crippen LogP contribution in [-0.4, -0.2) is 48.5 Å². The van der Waals surface area contributed by atoms with E-state index in [1.807, 2.05) is 0 Å². The van der Waals surface area contributed by atoms with Gasteiger partial charge in [-0.25, -0.2) is 18.6 Å². The van der Waals surface area contributed by atoms with Crippen LogP contribution in [0.2, 0.25) is 0 Å². The molecule has 1 fully saturated rings. The number of hydrogen-bond acceptors (Lipinski definition) is 6. The van der Waals surface area contributed by atoms with Gasteiger partial charge in [-0.05, 0) is 18.2 Å². The topological polar surface area (TPSA) is 119 Å². The van der Waals surface area contributed by atoms with E-state index < -0.39 is 24.7 Å². The number of rotatable bonds is 2. The number of alkyl halides is 2. The highest BCUT2D eigenvalue weighted by atomic mass is 19.3. The fraction of sp³-hybridized carbons (Fsp3) is 0.188. The quantitative estimate of drug-likeness (QED) is 0.551. The summed E-state index contributed by atoms with van der Waals surface area (Å²) in [6.07, 6.45) is 1.48. The third-order valence-corrected chi connectivity index (χ3v) is 4.38. The van der Waals surface area contributed by atoms with Gasteiger partial charge in [0.2, 0.25) is 5.95 Å². The molecule has 5 rings (SSSR count). The molecule has 0 spiro atoms. The van der Waals surface area contributed by atoms with Crippen LogP contribution in [0.25, 0.3) is 28.1 Å². The zero-order valence-electron chi connectivity index (χ0n) is 13.6. The van der Waals surface area contributed by atoms with E-state index in [1.54, 1.807) is 22.8 Å². The van der Waals surface area contributed by atoms with Gasteiger partial charge in [-0.3, -0.25) is 9.55 Å². The normalized spacial score (nSPS) is 15.8. The number of halogens is 2. The second kappa shape index (κ2) is 5.10. The van der Waals surface area contributed by atoms with Crippen molar-refractivity contribution in [3.05, 3.63) is 40.6 Å². The largest absolute Gasteiger partial charge is 0.342 e. The number of aromatic amines is 2. The lowest BCUT2D eigenvalue weighted by molar-refractivity contribution is -0.0265. The molecule has 134 valence electrons. The number of aromatic nitrogens is 6. The van der Waals surface area contributed by atoms with Crippen molar-refractivity contribution in [2.75, 3.05) is 18.0 Å². The van der Waals surface area contributed by atoms with E-state index in [0.29, 0.717) is 16.6 Å². The van der Waals surface area contributed by atoms with Crippen LogP contribution in [0.15, 0.2) is 29.3 Å². The minimum atomic E-state index is -2.79. The van der Waals surface area contributed by atoms with Gasteiger partial charge in [0.25, 0.3) is 5.92 Å². The van der Waals surface area contributed by atoms with Crippen LogP contribution in [0.3, 0.4) is 0 Å². The first-order chi connectivity index (χ1) is 12.9. The molecule has 1 saturated heterocycles. The van der Waals surface area contributed by atoms with Crippen molar-refractivity contribution in [3.63, 3.8) is 0 Å². The average Bonchev–Trinajstić information content (AvgIpc) is 3.20. The van der Waals surface area contributed by atoms with E-state index in [2.05, 4.69) is 31.0 Å². The number of hydrogen-bond donors (Lipinski definition) is 2. The summed E-state index contributed by atoms with van der Waals surface area (Å²) in [6.45, 7) is -0.982. The number of imidazole rings is 2. The van der Waals surface area contributed by atoms with Gasteiger partial charge < -0.3 is 9.88 Å². The molecule has 0 bridgehead atoms. The summed E-state index contributed by atoms with van der Waals surface area (Å²) in [6, 6.07) is 7.02. The Bertz CT molecular complexity index is 1300. The summed E-state index contributed by atoms with van der Waals surface area (Å²) >= 11 is 0. The van der Waals surface area contributed by atoms with Gasteiger partial charge in [0.05, 0.1) is 35.8 Å². The summed E-state index contributed by atoms with van der Waals surface area (Å²) in [5.41, 5.74) is 1.61. The van der Waals surface area contributed by atoms with Gasteiger partial charge in [-0.1, -0.05) is 0 Å². The van der Waals surface area contributed by atoms with Crippen molar-refractivity contribution in [1.82, 2.24) is 29.5 Å². The van der Waals surface area contributed by atoms with E-state index >= 15 is 0 Å². The maximum Gasteiger partial charge on any atom is 0.325 e. The Morgan fingerprint density at radius 3 is 2.78 bits per heavy atom. The number of nitriles is 1. The molecule has 1 aliphatic rings. The summed E-state index contributed by atoms with van der Waals surface area (Å²) in [7, 11) is 0. The smallest absolute Gasteiger partial charge is 0.325 e. The summed E-state index contributed by atoms with van der Waals surface area (Å²) in [4.78, 5) is 31.1. The molecule has 0 aliphatic carbocycles. The SMILES string of the molecule is N#Cc1ccc2ncn(-c3nc(N4CC(F)(F)C4)c4[nH]c(=O)[nH]c4n3)c2c1. The van der Waals surface area contributed by atoms with Crippen LogP contribution in [-0.2, 0) is 0 Å². The zero-order valence-corrected chi connectivity index (χ0v) is 13.6. The van der Waals surface area contributed by atoms with Crippen LogP contribution in [0, 0.1) is 11.3 Å². The highest BCUT2D eigenvalue weighted by molar-refractivity contribution is 5.85. The molecule has 4 heterocycles. The van der Waals surface area contributed by atoms with Gasteiger partial charge in [-0.2, -0.15) is 15.2 Å². The van der Waals surface area contributed by atoms with Crippen LogP contribution in [0.1, 0.15) is 5.56 Å². The molecular weight excluding hydrogens is 358 g/mol. The highest BCUT2D eigenvalue weighted by Gasteiger charge is 2.45. The number of nitrogens with one attached hydrogen (secondary N) is 2. The van der Waals surface area contributed by atoms with E-state index in [9.17, 15) is 13.6 Å². The minimum Gasteiger partial charge on any atom is -0.342 e. The van der Waals surface area contributed by atoms with E-state index in [4.69, 9.17) is 5.26 Å². The molecule has 4 aromatic rings. The summed E-state index contributed by atoms with van der Waals surface area (Å²) in [5.74, 6) is -2.43. The summed E-state index contributed by atoms with van der Waals surface area (Å²) < 4.78 is 28.2. The van der Waals surface area contributed by atoms with E-state index in [1.165, 1.54) is 11.2 Å². The maximum absolute atomic E-state index is 13.3. The van der Waals surface area contributed by atoms with Gasteiger partial charge in [0.1, 0.15) is 11.8 Å². The van der Waals surface area contributed by atoms with E-state index in [0.717, 1.165) is 0 Å². The monoisotopic (exact) mass is 368 g/mol. The molecular formula is C16H10F2N8O. The van der Waals surface area contributed by atoms with Gasteiger partial charge in [-0.15, -0.1) is 0 Å². The Morgan fingerprint density at radius 1 is 1.22 bits per heavy atom. The van der Waals surface area contributed by atoms with Crippen molar-refractivity contribution in [2.24, 2.45) is 0 Å². The second-order valence-electron chi connectivity index (χ2n) is 6.29. The molecule has 0 unspecified atom stereocenters. The number of nitrogens with zero attached hydrogens (tertiary/aromatic N) is 6. The molecule has 0 atom stereocenters. The van der Waals surface area contributed by atoms with Crippen LogP contribution < -0.4 is 10.6 Å². The van der Waals surface area contributed by atoms with Crippen molar-refractivity contribution in [2.45, 2.75) is 5.92 Å². The zero-order chi connectivity index (χ0) is 18.8. The Kier molecular flexibility index (Phi) is 2.92. The van der Waals surface area contributed by atoms with Crippen molar-refractivity contribution < 1.29 is 8.78 Å². The fourth-order valence-corrected chi connectivity index (χ4v) is 3.13. The highest BCUT2D eigenvalue weighted by Crippen LogP contribution is 2.33. The summed E-state index contributed by atoms with van der Waals surface area (Å²) in [5, 5.41) is 9.11. The lowest BCUT2D eigenvalue weighted by Gasteiger charge is -2.39. The van der Waals surface area contributed by atoms with Gasteiger partial charge in [0.15, 0.2) is 11.5 Å². The molecule has 0 saturated carbocycles. The number of benzene rings is 1. The third-order valence-electron chi connectivity index (χ3n) is 4.38. The van der Waals surface area contributed by atoms with Crippen molar-refractivity contribution in [3.8, 4) is 12.0 Å². The first kappa shape index (κ1) is 15.4. The Hall–Kier alpha value is -3.81. The Morgan fingerprint density at radius 2 is 2.04 bits per heavy atom. The Labute approximate surface area is 148 Å². The Balaban J connectivity index is 1.73. The molecule has 0 amide bonds. The second-order valence-corrected chi connectivity index (χ2v) is 6.29.